The number of H-pyrrole nitrogens is 1. The molecule has 1 aliphatic heterocycles. The maximum absolute atomic E-state index is 13.5. The number of amides is 1. The lowest BCUT2D eigenvalue weighted by molar-refractivity contribution is 0.0625. The summed E-state index contributed by atoms with van der Waals surface area (Å²) in [6, 6.07) is 1.73. The molecule has 8 heteroatoms. The van der Waals surface area contributed by atoms with Crippen LogP contribution in [0.25, 0.3) is 11.0 Å². The molecule has 0 atom stereocenters. The van der Waals surface area contributed by atoms with Gasteiger partial charge in [0.05, 0.1) is 10.9 Å². The lowest BCUT2D eigenvalue weighted by Gasteiger charge is -2.35. The SMILES string of the molecule is CC(C)CN1CCN(C(=O)c2cc(C(C)C)nc3c2c(=O)[nH]c(=O)n3CC(C)C)CC1. The van der Waals surface area contributed by atoms with E-state index in [1.165, 1.54) is 4.57 Å². The van der Waals surface area contributed by atoms with Gasteiger partial charge < -0.3 is 4.90 Å². The first kappa shape index (κ1) is 23.2. The average molecular weight is 430 g/mol. The van der Waals surface area contributed by atoms with Crippen LogP contribution < -0.4 is 11.2 Å². The van der Waals surface area contributed by atoms with Crippen molar-refractivity contribution in [3.05, 3.63) is 38.2 Å². The van der Waals surface area contributed by atoms with Crippen molar-refractivity contribution in [1.82, 2.24) is 24.3 Å². The number of aromatic nitrogens is 3. The maximum Gasteiger partial charge on any atom is 0.330 e. The van der Waals surface area contributed by atoms with Gasteiger partial charge in [0.15, 0.2) is 5.65 Å². The molecule has 1 N–H and O–H groups in total. The van der Waals surface area contributed by atoms with Gasteiger partial charge in [-0.2, -0.15) is 0 Å². The topological polar surface area (TPSA) is 91.3 Å². The number of aromatic amines is 1. The minimum Gasteiger partial charge on any atom is -0.336 e. The van der Waals surface area contributed by atoms with Crippen molar-refractivity contribution in [2.75, 3.05) is 32.7 Å². The van der Waals surface area contributed by atoms with Gasteiger partial charge in [-0.3, -0.25) is 24.0 Å². The van der Waals surface area contributed by atoms with Gasteiger partial charge >= 0.3 is 5.69 Å². The van der Waals surface area contributed by atoms with E-state index in [4.69, 9.17) is 0 Å². The Bertz CT molecular complexity index is 1060. The summed E-state index contributed by atoms with van der Waals surface area (Å²) in [7, 11) is 0. The molecule has 3 rings (SSSR count). The van der Waals surface area contributed by atoms with Gasteiger partial charge in [0.1, 0.15) is 0 Å². The van der Waals surface area contributed by atoms with Crippen LogP contribution in [0.1, 0.15) is 63.5 Å². The zero-order valence-corrected chi connectivity index (χ0v) is 19.6. The number of rotatable bonds is 6. The first-order chi connectivity index (χ1) is 14.6. The lowest BCUT2D eigenvalue weighted by atomic mass is 10.0. The predicted molar refractivity (Wildman–Crippen MR) is 123 cm³/mol. The number of nitrogens with one attached hydrogen (secondary N) is 1. The van der Waals surface area contributed by atoms with Crippen molar-refractivity contribution >= 4 is 16.9 Å². The minimum absolute atomic E-state index is 0.0562. The third-order valence-electron chi connectivity index (χ3n) is 5.62. The number of pyridine rings is 1. The summed E-state index contributed by atoms with van der Waals surface area (Å²) in [5.74, 6) is 0.653. The second-order valence-corrected chi connectivity index (χ2v) is 9.70. The fourth-order valence-electron chi connectivity index (χ4n) is 4.11. The Hall–Kier alpha value is -2.48. The molecule has 2 aromatic rings. The van der Waals surface area contributed by atoms with E-state index in [-0.39, 0.29) is 23.1 Å². The standard InChI is InChI=1S/C23H35N5O3/c1-14(2)12-26-7-9-27(10-8-26)22(30)17-11-18(16(5)6)24-20-19(17)21(29)25-23(31)28(20)13-15(3)4/h11,14-16H,7-10,12-13H2,1-6H3,(H,25,29,31). The molecule has 0 aliphatic carbocycles. The Morgan fingerprint density at radius 1 is 1.00 bits per heavy atom. The maximum atomic E-state index is 13.5. The van der Waals surface area contributed by atoms with Crippen LogP contribution in [0.15, 0.2) is 15.7 Å². The molecule has 0 unspecified atom stereocenters. The highest BCUT2D eigenvalue weighted by Crippen LogP contribution is 2.22. The molecule has 3 heterocycles. The smallest absolute Gasteiger partial charge is 0.330 e. The molecule has 0 spiro atoms. The summed E-state index contributed by atoms with van der Waals surface area (Å²) in [6.45, 7) is 16.7. The number of hydrogen-bond donors (Lipinski definition) is 1. The third kappa shape index (κ3) is 5.06. The van der Waals surface area contributed by atoms with E-state index >= 15 is 0 Å². The van der Waals surface area contributed by atoms with Gasteiger partial charge in [-0.15, -0.1) is 0 Å². The van der Waals surface area contributed by atoms with Crippen LogP contribution in [0, 0.1) is 11.8 Å². The number of hydrogen-bond acceptors (Lipinski definition) is 5. The van der Waals surface area contributed by atoms with Gasteiger partial charge in [0, 0.05) is 45.0 Å². The molecule has 31 heavy (non-hydrogen) atoms. The van der Waals surface area contributed by atoms with Crippen molar-refractivity contribution in [1.29, 1.82) is 0 Å². The van der Waals surface area contributed by atoms with E-state index < -0.39 is 11.2 Å². The van der Waals surface area contributed by atoms with E-state index in [1.54, 1.807) is 6.07 Å². The molecule has 0 saturated carbocycles. The van der Waals surface area contributed by atoms with Crippen LogP contribution in [0.4, 0.5) is 0 Å². The van der Waals surface area contributed by atoms with Crippen molar-refractivity contribution in [3.63, 3.8) is 0 Å². The van der Waals surface area contributed by atoms with Crippen LogP contribution in [-0.2, 0) is 6.54 Å². The van der Waals surface area contributed by atoms with Gasteiger partial charge in [0.25, 0.3) is 11.5 Å². The fourth-order valence-corrected chi connectivity index (χ4v) is 4.11. The highest BCUT2D eigenvalue weighted by Gasteiger charge is 2.27. The number of fused-ring (bicyclic) bond motifs is 1. The lowest BCUT2D eigenvalue weighted by Crippen LogP contribution is -2.49. The minimum atomic E-state index is -0.551. The summed E-state index contributed by atoms with van der Waals surface area (Å²) in [5.41, 5.74) is 0.307. The summed E-state index contributed by atoms with van der Waals surface area (Å²) in [6.07, 6.45) is 0. The van der Waals surface area contributed by atoms with E-state index in [1.807, 2.05) is 32.6 Å². The number of carbonyl (C=O) groups is 1. The molecule has 1 aliphatic rings. The number of nitrogens with zero attached hydrogens (tertiary/aromatic N) is 4. The molecule has 0 aromatic carbocycles. The molecular formula is C23H35N5O3. The Balaban J connectivity index is 2.08. The Labute approximate surface area is 183 Å². The monoisotopic (exact) mass is 429 g/mol. The largest absolute Gasteiger partial charge is 0.336 e. The normalized spacial score (nSPS) is 15.6. The number of carbonyl (C=O) groups excluding carboxylic acids is 1. The molecule has 1 fully saturated rings. The van der Waals surface area contributed by atoms with Crippen LogP contribution in [0.5, 0.6) is 0 Å². The number of piperazine rings is 1. The Morgan fingerprint density at radius 2 is 1.61 bits per heavy atom. The zero-order valence-electron chi connectivity index (χ0n) is 19.6. The van der Waals surface area contributed by atoms with Crippen molar-refractivity contribution in [3.8, 4) is 0 Å². The van der Waals surface area contributed by atoms with Crippen molar-refractivity contribution < 1.29 is 4.79 Å². The van der Waals surface area contributed by atoms with Gasteiger partial charge in [-0.05, 0) is 23.8 Å². The molecule has 0 bridgehead atoms. The van der Waals surface area contributed by atoms with Crippen LogP contribution in [0.3, 0.4) is 0 Å². The molecule has 1 amide bonds. The van der Waals surface area contributed by atoms with Crippen LogP contribution in [0.2, 0.25) is 0 Å². The summed E-state index contributed by atoms with van der Waals surface area (Å²) in [4.78, 5) is 50.1. The van der Waals surface area contributed by atoms with E-state index in [2.05, 4.69) is 28.7 Å². The zero-order chi connectivity index (χ0) is 22.9. The second-order valence-electron chi connectivity index (χ2n) is 9.70. The van der Waals surface area contributed by atoms with Crippen LogP contribution >= 0.6 is 0 Å². The molecular weight excluding hydrogens is 394 g/mol. The highest BCUT2D eigenvalue weighted by atomic mass is 16.2. The first-order valence-electron chi connectivity index (χ1n) is 11.3. The highest BCUT2D eigenvalue weighted by molar-refractivity contribution is 6.05. The van der Waals surface area contributed by atoms with Crippen molar-refractivity contribution in [2.24, 2.45) is 11.8 Å². The average Bonchev–Trinajstić information content (AvgIpc) is 2.69. The molecule has 170 valence electrons. The summed E-state index contributed by atoms with van der Waals surface area (Å²) in [5, 5.41) is 0.208. The Morgan fingerprint density at radius 3 is 2.16 bits per heavy atom. The molecule has 0 radical (unpaired) electrons. The predicted octanol–water partition coefficient (Wildman–Crippen LogP) is 2.28. The molecule has 2 aromatic heterocycles. The second kappa shape index (κ2) is 9.34. The van der Waals surface area contributed by atoms with Crippen LogP contribution in [-0.4, -0.2) is 63.0 Å². The fraction of sp³-hybridized carbons (Fsp3) is 0.652. The van der Waals surface area contributed by atoms with Gasteiger partial charge in [0.2, 0.25) is 0 Å². The first-order valence-corrected chi connectivity index (χ1v) is 11.3. The van der Waals surface area contributed by atoms with E-state index in [9.17, 15) is 14.4 Å². The van der Waals surface area contributed by atoms with Crippen molar-refractivity contribution in [2.45, 2.75) is 54.0 Å². The van der Waals surface area contributed by atoms with E-state index in [0.29, 0.717) is 42.5 Å². The summed E-state index contributed by atoms with van der Waals surface area (Å²) < 4.78 is 1.49. The summed E-state index contributed by atoms with van der Waals surface area (Å²) >= 11 is 0. The molecule has 8 nitrogen and oxygen atoms in total. The molecule has 1 saturated heterocycles. The quantitative estimate of drug-likeness (QED) is 0.761. The third-order valence-corrected chi connectivity index (χ3v) is 5.62. The van der Waals surface area contributed by atoms with Gasteiger partial charge in [-0.25, -0.2) is 9.78 Å². The Kier molecular flexibility index (Phi) is 6.99. The van der Waals surface area contributed by atoms with E-state index in [0.717, 1.165) is 19.6 Å². The van der Waals surface area contributed by atoms with Gasteiger partial charge in [-0.1, -0.05) is 41.5 Å².